The first-order valence-electron chi connectivity index (χ1n) is 11.2. The number of nitrogens with zero attached hydrogens (tertiary/aromatic N) is 1. The number of carbonyl (C=O) groups excluding carboxylic acids is 2. The van der Waals surface area contributed by atoms with Crippen LogP contribution in [0.3, 0.4) is 0 Å². The number of hydrogen-bond donors (Lipinski definition) is 1. The van der Waals surface area contributed by atoms with Crippen LogP contribution in [0, 0.1) is 13.8 Å². The van der Waals surface area contributed by atoms with Crippen LogP contribution in [0.25, 0.3) is 6.08 Å². The van der Waals surface area contributed by atoms with Crippen molar-refractivity contribution in [3.05, 3.63) is 84.1 Å². The van der Waals surface area contributed by atoms with Crippen molar-refractivity contribution >= 4 is 101 Å². The molecule has 38 heavy (non-hydrogen) atoms. The van der Waals surface area contributed by atoms with Gasteiger partial charge in [-0.15, -0.1) is 0 Å². The van der Waals surface area contributed by atoms with E-state index in [-0.39, 0.29) is 18.4 Å². The molecular weight excluding hydrogens is 676 g/mol. The van der Waals surface area contributed by atoms with Crippen LogP contribution < -0.4 is 19.7 Å². The molecule has 4 rings (SSSR count). The third-order valence-electron chi connectivity index (χ3n) is 5.66. The van der Waals surface area contributed by atoms with Crippen LogP contribution in [-0.4, -0.2) is 29.9 Å². The Hall–Kier alpha value is -2.37. The minimum atomic E-state index is -0.309. The normalized spacial score (nSPS) is 14.3. The summed E-state index contributed by atoms with van der Waals surface area (Å²) < 4.78 is 13.1. The predicted molar refractivity (Wildman–Crippen MR) is 166 cm³/mol. The molecule has 1 aliphatic heterocycles. The molecule has 0 aliphatic carbocycles. The van der Waals surface area contributed by atoms with E-state index in [1.54, 1.807) is 42.5 Å². The first-order valence-corrected chi connectivity index (χ1v) is 14.4. The number of aryl methyl sites for hydroxylation is 2. The summed E-state index contributed by atoms with van der Waals surface area (Å²) in [6.07, 6.45) is 1.73. The van der Waals surface area contributed by atoms with Crippen LogP contribution in [-0.2, 0) is 9.59 Å². The number of amides is 2. The van der Waals surface area contributed by atoms with Crippen molar-refractivity contribution in [2.75, 3.05) is 23.9 Å². The first-order chi connectivity index (χ1) is 18.1. The molecule has 1 fully saturated rings. The number of hydrogen-bond acceptors (Lipinski definition) is 6. The van der Waals surface area contributed by atoms with Crippen LogP contribution in [0.5, 0.6) is 11.5 Å². The summed E-state index contributed by atoms with van der Waals surface area (Å²) in [7, 11) is 1.51. The maximum absolute atomic E-state index is 13.1. The lowest BCUT2D eigenvalue weighted by Crippen LogP contribution is -2.27. The van der Waals surface area contributed by atoms with Gasteiger partial charge in [-0.3, -0.25) is 14.5 Å². The number of nitrogens with one attached hydrogen (secondary N) is 1. The minimum absolute atomic E-state index is 0.205. The monoisotopic (exact) mass is 694 g/mol. The highest BCUT2D eigenvalue weighted by Crippen LogP contribution is 2.39. The molecule has 3 aromatic rings. The van der Waals surface area contributed by atoms with Crippen molar-refractivity contribution in [3.8, 4) is 11.5 Å². The van der Waals surface area contributed by atoms with E-state index >= 15 is 0 Å². The second kappa shape index (κ2) is 12.2. The van der Waals surface area contributed by atoms with Crippen LogP contribution >= 0.6 is 67.4 Å². The molecule has 196 valence electrons. The summed E-state index contributed by atoms with van der Waals surface area (Å²) in [5, 5.41) is 3.33. The van der Waals surface area contributed by atoms with E-state index in [0.717, 1.165) is 20.1 Å². The molecule has 0 atom stereocenters. The molecule has 1 N–H and O–H groups in total. The topological polar surface area (TPSA) is 67.9 Å². The van der Waals surface area contributed by atoms with Gasteiger partial charge in [0.05, 0.1) is 28.4 Å². The van der Waals surface area contributed by atoms with Gasteiger partial charge in [-0.25, -0.2) is 0 Å². The van der Waals surface area contributed by atoms with E-state index < -0.39 is 0 Å². The average molecular weight is 697 g/mol. The fourth-order valence-electron chi connectivity index (χ4n) is 3.57. The van der Waals surface area contributed by atoms with Gasteiger partial charge >= 0.3 is 0 Å². The molecule has 1 aliphatic rings. The first kappa shape index (κ1) is 28.6. The van der Waals surface area contributed by atoms with Gasteiger partial charge in [0.25, 0.3) is 11.8 Å². The lowest BCUT2D eigenvalue weighted by molar-refractivity contribution is -0.118. The Morgan fingerprint density at radius 2 is 1.82 bits per heavy atom. The highest BCUT2D eigenvalue weighted by molar-refractivity contribution is 9.11. The summed E-state index contributed by atoms with van der Waals surface area (Å²) >= 11 is 19.7. The molecular formula is C27H21Br2ClN2O4S2. The van der Waals surface area contributed by atoms with Crippen molar-refractivity contribution in [1.82, 2.24) is 0 Å². The Morgan fingerprint density at radius 3 is 2.53 bits per heavy atom. The number of ether oxygens (including phenoxy) is 2. The number of rotatable bonds is 7. The number of halogens is 3. The van der Waals surface area contributed by atoms with Gasteiger partial charge in [-0.2, -0.15) is 0 Å². The number of thioether (sulfide) groups is 1. The summed E-state index contributed by atoms with van der Waals surface area (Å²) in [5.41, 5.74) is 4.17. The van der Waals surface area contributed by atoms with Gasteiger partial charge in [0.15, 0.2) is 22.4 Å². The average Bonchev–Trinajstić information content (AvgIpc) is 3.15. The summed E-state index contributed by atoms with van der Waals surface area (Å²) in [4.78, 5) is 27.5. The van der Waals surface area contributed by atoms with Gasteiger partial charge in [0, 0.05) is 8.95 Å². The molecule has 0 aromatic heterocycles. The van der Waals surface area contributed by atoms with Gasteiger partial charge in [0.2, 0.25) is 0 Å². The van der Waals surface area contributed by atoms with Crippen LogP contribution in [0.2, 0.25) is 5.02 Å². The fraction of sp³-hybridized carbons (Fsp3) is 0.148. The third kappa shape index (κ3) is 6.43. The molecule has 0 unspecified atom stereocenters. The summed E-state index contributed by atoms with van der Waals surface area (Å²) in [6, 6.07) is 14.3. The number of thiocarbonyl (C=S) groups is 1. The number of methoxy groups -OCH3 is 1. The maximum atomic E-state index is 13.1. The largest absolute Gasteiger partial charge is 0.493 e. The van der Waals surface area contributed by atoms with E-state index in [1.807, 2.05) is 26.0 Å². The van der Waals surface area contributed by atoms with Gasteiger partial charge < -0.3 is 14.8 Å². The third-order valence-corrected chi connectivity index (χ3v) is 8.85. The zero-order valence-corrected chi connectivity index (χ0v) is 26.0. The van der Waals surface area contributed by atoms with E-state index in [9.17, 15) is 9.59 Å². The van der Waals surface area contributed by atoms with Crippen molar-refractivity contribution in [2.24, 2.45) is 0 Å². The van der Waals surface area contributed by atoms with Crippen LogP contribution in [0.4, 0.5) is 11.4 Å². The minimum Gasteiger partial charge on any atom is -0.493 e. The highest BCUT2D eigenvalue weighted by atomic mass is 79.9. The molecule has 2 amide bonds. The van der Waals surface area contributed by atoms with Crippen molar-refractivity contribution in [2.45, 2.75) is 13.8 Å². The van der Waals surface area contributed by atoms with Gasteiger partial charge in [-0.1, -0.05) is 41.6 Å². The Bertz CT molecular complexity index is 1500. The SMILES string of the molecule is COc1cc(/C=C2/SC(=S)N(c3ccc(Br)c(Cl)c3)C2=O)ccc1OCC(=O)Nc1cc(C)c(C)cc1Br. The maximum Gasteiger partial charge on any atom is 0.270 e. The number of anilines is 2. The van der Waals surface area contributed by atoms with Crippen LogP contribution in [0.15, 0.2) is 62.4 Å². The highest BCUT2D eigenvalue weighted by Gasteiger charge is 2.33. The molecule has 3 aromatic carbocycles. The second-order valence-electron chi connectivity index (χ2n) is 8.28. The summed E-state index contributed by atoms with van der Waals surface area (Å²) in [6.45, 7) is 3.78. The lowest BCUT2D eigenvalue weighted by Gasteiger charge is -2.15. The van der Waals surface area contributed by atoms with Gasteiger partial charge in [-0.05, 0) is 111 Å². The molecule has 0 radical (unpaired) electrons. The number of benzene rings is 3. The number of carbonyl (C=O) groups is 2. The van der Waals surface area contributed by atoms with Crippen LogP contribution in [0.1, 0.15) is 16.7 Å². The summed E-state index contributed by atoms with van der Waals surface area (Å²) in [5.74, 6) is 0.272. The predicted octanol–water partition coefficient (Wildman–Crippen LogP) is 7.91. The Kier molecular flexibility index (Phi) is 9.20. The quantitative estimate of drug-likeness (QED) is 0.200. The van der Waals surface area contributed by atoms with Gasteiger partial charge in [0.1, 0.15) is 0 Å². The smallest absolute Gasteiger partial charge is 0.270 e. The molecule has 6 nitrogen and oxygen atoms in total. The molecule has 0 bridgehead atoms. The molecule has 0 saturated carbocycles. The second-order valence-corrected chi connectivity index (χ2v) is 12.1. The fourth-order valence-corrected chi connectivity index (χ4v) is 5.84. The Labute approximate surface area is 252 Å². The zero-order valence-electron chi connectivity index (χ0n) is 20.4. The molecule has 0 spiro atoms. The van der Waals surface area contributed by atoms with Crippen molar-refractivity contribution < 1.29 is 19.1 Å². The van der Waals surface area contributed by atoms with Crippen molar-refractivity contribution in [1.29, 1.82) is 0 Å². The van der Waals surface area contributed by atoms with E-state index in [2.05, 4.69) is 37.2 Å². The molecule has 1 heterocycles. The molecule has 11 heteroatoms. The Balaban J connectivity index is 1.46. The molecule has 1 saturated heterocycles. The Morgan fingerprint density at radius 1 is 1.08 bits per heavy atom. The van der Waals surface area contributed by atoms with Crippen molar-refractivity contribution in [3.63, 3.8) is 0 Å². The van der Waals surface area contributed by atoms with E-state index in [0.29, 0.717) is 42.7 Å². The van der Waals surface area contributed by atoms with E-state index in [1.165, 1.54) is 23.8 Å². The van der Waals surface area contributed by atoms with E-state index in [4.69, 9.17) is 33.3 Å². The zero-order chi connectivity index (χ0) is 27.6. The standard InChI is InChI=1S/C27H21Br2ClN2O4S2/c1-14-8-19(29)21(9-15(14)2)31-25(33)13-36-22-7-4-16(10-23(22)35-3)11-24-26(34)32(27(37)38-24)17-5-6-18(28)20(30)12-17/h4-12H,13H2,1-3H3,(H,31,33)/b24-11+. The lowest BCUT2D eigenvalue weighted by atomic mass is 10.1.